The first-order valence-electron chi connectivity index (χ1n) is 8.79. The molecule has 1 aromatic carbocycles. The van der Waals surface area contributed by atoms with Crippen LogP contribution in [0.25, 0.3) is 0 Å². The Bertz CT molecular complexity index is 659. The number of carboxylic acid groups (broad SMARTS) is 1. The summed E-state index contributed by atoms with van der Waals surface area (Å²) in [6.45, 7) is 0.722. The summed E-state index contributed by atoms with van der Waals surface area (Å²) in [6.07, 6.45) is 3.96. The normalized spacial score (nSPS) is 25.4. The van der Waals surface area contributed by atoms with E-state index in [-0.39, 0.29) is 17.9 Å². The first-order chi connectivity index (χ1) is 12.0. The number of carboxylic acids is 1. The van der Waals surface area contributed by atoms with E-state index in [2.05, 4.69) is 0 Å². The number of hydrogen-bond donors (Lipinski definition) is 1. The van der Waals surface area contributed by atoms with Crippen LogP contribution in [0.5, 0.6) is 11.5 Å². The minimum Gasteiger partial charge on any atom is -0.493 e. The molecule has 2 aliphatic rings. The van der Waals surface area contributed by atoms with Gasteiger partial charge in [-0.2, -0.15) is 0 Å². The largest absolute Gasteiger partial charge is 0.493 e. The highest BCUT2D eigenvalue weighted by molar-refractivity contribution is 5.86. The van der Waals surface area contributed by atoms with Gasteiger partial charge in [0.25, 0.3) is 0 Å². The molecule has 2 fully saturated rings. The molecule has 1 aliphatic heterocycles. The topological polar surface area (TPSA) is 76.1 Å². The molecule has 1 amide bonds. The minimum absolute atomic E-state index is 0.0154. The Hall–Kier alpha value is -2.24. The summed E-state index contributed by atoms with van der Waals surface area (Å²) in [5.74, 6) is -0.314. The third-order valence-electron chi connectivity index (χ3n) is 5.49. The molecule has 1 saturated heterocycles. The van der Waals surface area contributed by atoms with Crippen molar-refractivity contribution in [2.75, 3.05) is 20.8 Å². The van der Waals surface area contributed by atoms with E-state index in [1.807, 2.05) is 23.1 Å². The van der Waals surface area contributed by atoms with Gasteiger partial charge in [0, 0.05) is 12.6 Å². The first kappa shape index (κ1) is 17.6. The molecule has 25 heavy (non-hydrogen) atoms. The second-order valence-electron chi connectivity index (χ2n) is 6.85. The highest BCUT2D eigenvalue weighted by Crippen LogP contribution is 2.38. The lowest BCUT2D eigenvalue weighted by Crippen LogP contribution is -2.48. The van der Waals surface area contributed by atoms with Crippen molar-refractivity contribution < 1.29 is 24.2 Å². The fraction of sp³-hybridized carbons (Fsp3) is 0.579. The zero-order valence-corrected chi connectivity index (χ0v) is 14.7. The van der Waals surface area contributed by atoms with E-state index in [4.69, 9.17) is 9.47 Å². The molecule has 1 aromatic rings. The molecule has 1 N–H and O–H groups in total. The lowest BCUT2D eigenvalue weighted by Gasteiger charge is -2.37. The maximum absolute atomic E-state index is 12.8. The van der Waals surface area contributed by atoms with Gasteiger partial charge >= 0.3 is 5.97 Å². The molecule has 6 heteroatoms. The van der Waals surface area contributed by atoms with E-state index < -0.39 is 11.9 Å². The molecule has 3 atom stereocenters. The number of ether oxygens (including phenoxy) is 2. The molecule has 1 aliphatic carbocycles. The van der Waals surface area contributed by atoms with Crippen molar-refractivity contribution in [3.63, 3.8) is 0 Å². The number of benzene rings is 1. The van der Waals surface area contributed by atoms with E-state index in [0.717, 1.165) is 31.4 Å². The van der Waals surface area contributed by atoms with Crippen molar-refractivity contribution >= 4 is 11.9 Å². The van der Waals surface area contributed by atoms with Crippen LogP contribution in [0.4, 0.5) is 0 Å². The van der Waals surface area contributed by atoms with E-state index >= 15 is 0 Å². The number of hydrogen-bond acceptors (Lipinski definition) is 4. The van der Waals surface area contributed by atoms with E-state index in [1.165, 1.54) is 0 Å². The first-order valence-corrected chi connectivity index (χ1v) is 8.79. The van der Waals surface area contributed by atoms with Gasteiger partial charge in [-0.3, -0.25) is 9.59 Å². The molecule has 0 spiro atoms. The SMILES string of the molecule is COc1ccc(C[C@@H]2CCCN2C(=O)[C@@H]2CC[C@@H]2C(=O)O)cc1OC. The fourth-order valence-electron chi connectivity index (χ4n) is 3.92. The third-order valence-corrected chi connectivity index (χ3v) is 5.49. The van der Waals surface area contributed by atoms with E-state index in [0.29, 0.717) is 24.3 Å². The van der Waals surface area contributed by atoms with E-state index in [9.17, 15) is 14.7 Å². The highest BCUT2D eigenvalue weighted by atomic mass is 16.5. The summed E-state index contributed by atoms with van der Waals surface area (Å²) in [4.78, 5) is 25.9. The van der Waals surface area contributed by atoms with Crippen LogP contribution in [0.2, 0.25) is 0 Å². The molecular formula is C19H25NO5. The Morgan fingerprint density at radius 3 is 2.44 bits per heavy atom. The van der Waals surface area contributed by atoms with Crippen LogP contribution >= 0.6 is 0 Å². The summed E-state index contributed by atoms with van der Waals surface area (Å²) in [5, 5.41) is 9.21. The maximum Gasteiger partial charge on any atom is 0.307 e. The second-order valence-corrected chi connectivity index (χ2v) is 6.85. The summed E-state index contributed by atoms with van der Waals surface area (Å²) >= 11 is 0. The number of nitrogens with zero attached hydrogens (tertiary/aromatic N) is 1. The van der Waals surface area contributed by atoms with Crippen LogP contribution in [0, 0.1) is 11.8 Å². The summed E-state index contributed by atoms with van der Waals surface area (Å²) in [6, 6.07) is 5.94. The Morgan fingerprint density at radius 2 is 1.84 bits per heavy atom. The summed E-state index contributed by atoms with van der Waals surface area (Å²) < 4.78 is 10.6. The number of rotatable bonds is 6. The van der Waals surface area contributed by atoms with Gasteiger partial charge < -0.3 is 19.5 Å². The average molecular weight is 347 g/mol. The van der Waals surface area contributed by atoms with Gasteiger partial charge in [-0.15, -0.1) is 0 Å². The van der Waals surface area contributed by atoms with Crippen LogP contribution in [0.1, 0.15) is 31.2 Å². The van der Waals surface area contributed by atoms with Crippen LogP contribution in [-0.4, -0.2) is 48.7 Å². The molecule has 0 radical (unpaired) electrons. The third kappa shape index (κ3) is 3.43. The maximum atomic E-state index is 12.8. The van der Waals surface area contributed by atoms with Crippen LogP contribution in [0.15, 0.2) is 18.2 Å². The number of carbonyl (C=O) groups is 2. The Labute approximate surface area is 147 Å². The van der Waals surface area contributed by atoms with Crippen LogP contribution in [0.3, 0.4) is 0 Å². The Kier molecular flexibility index (Phi) is 5.16. The van der Waals surface area contributed by atoms with Crippen LogP contribution in [-0.2, 0) is 16.0 Å². The predicted octanol–water partition coefficient (Wildman–Crippen LogP) is 2.35. The molecule has 0 unspecified atom stereocenters. The number of methoxy groups -OCH3 is 2. The van der Waals surface area contributed by atoms with Crippen molar-refractivity contribution in [3.8, 4) is 11.5 Å². The van der Waals surface area contributed by atoms with Gasteiger partial charge in [0.15, 0.2) is 11.5 Å². The van der Waals surface area contributed by atoms with Crippen molar-refractivity contribution in [2.45, 2.75) is 38.1 Å². The van der Waals surface area contributed by atoms with Gasteiger partial charge in [-0.05, 0) is 49.8 Å². The molecule has 1 heterocycles. The van der Waals surface area contributed by atoms with Crippen molar-refractivity contribution in [3.05, 3.63) is 23.8 Å². The Morgan fingerprint density at radius 1 is 1.12 bits per heavy atom. The van der Waals surface area contributed by atoms with Crippen molar-refractivity contribution in [1.82, 2.24) is 4.90 Å². The molecule has 3 rings (SSSR count). The molecule has 6 nitrogen and oxygen atoms in total. The number of aliphatic carboxylic acids is 1. The molecule has 136 valence electrons. The molecular weight excluding hydrogens is 322 g/mol. The second kappa shape index (κ2) is 7.33. The smallest absolute Gasteiger partial charge is 0.307 e. The van der Waals surface area contributed by atoms with E-state index in [1.54, 1.807) is 14.2 Å². The van der Waals surface area contributed by atoms with Gasteiger partial charge in [-0.25, -0.2) is 0 Å². The molecule has 0 aromatic heterocycles. The van der Waals surface area contributed by atoms with Gasteiger partial charge in [0.05, 0.1) is 26.1 Å². The predicted molar refractivity (Wildman–Crippen MR) is 91.8 cm³/mol. The average Bonchev–Trinajstić information content (AvgIpc) is 3.01. The monoisotopic (exact) mass is 347 g/mol. The molecule has 1 saturated carbocycles. The van der Waals surface area contributed by atoms with Gasteiger partial charge in [0.1, 0.15) is 0 Å². The summed E-state index contributed by atoms with van der Waals surface area (Å²) in [5.41, 5.74) is 1.09. The van der Waals surface area contributed by atoms with Crippen LogP contribution < -0.4 is 9.47 Å². The number of amides is 1. The quantitative estimate of drug-likeness (QED) is 0.855. The lowest BCUT2D eigenvalue weighted by atomic mass is 9.73. The van der Waals surface area contributed by atoms with Gasteiger partial charge in [-0.1, -0.05) is 6.07 Å². The van der Waals surface area contributed by atoms with Crippen molar-refractivity contribution in [1.29, 1.82) is 0 Å². The highest BCUT2D eigenvalue weighted by Gasteiger charge is 2.45. The summed E-state index contributed by atoms with van der Waals surface area (Å²) in [7, 11) is 3.21. The fourth-order valence-corrected chi connectivity index (χ4v) is 3.92. The number of likely N-dealkylation sites (tertiary alicyclic amines) is 1. The number of carbonyl (C=O) groups excluding carboxylic acids is 1. The minimum atomic E-state index is -0.847. The standard InChI is InChI=1S/C19H25NO5/c1-24-16-8-5-12(11-17(16)25-2)10-13-4-3-9-20(13)18(21)14-6-7-15(14)19(22)23/h5,8,11,13-15H,3-4,6-7,9-10H2,1-2H3,(H,22,23)/t13-,14+,15-/m0/s1. The van der Waals surface area contributed by atoms with Gasteiger partial charge in [0.2, 0.25) is 5.91 Å². The zero-order chi connectivity index (χ0) is 18.0. The Balaban J connectivity index is 1.70. The zero-order valence-electron chi connectivity index (χ0n) is 14.7. The van der Waals surface area contributed by atoms with Crippen molar-refractivity contribution in [2.24, 2.45) is 11.8 Å². The lowest BCUT2D eigenvalue weighted by molar-refractivity contribution is -0.157. The molecule has 0 bridgehead atoms.